The Hall–Kier alpha value is -1.59. The Morgan fingerprint density at radius 1 is 1.19 bits per heavy atom. The van der Waals surface area contributed by atoms with Crippen molar-refractivity contribution in [2.24, 2.45) is 17.3 Å². The molecule has 1 saturated carbocycles. The fourth-order valence-electron chi connectivity index (χ4n) is 1.95. The first-order valence-electron chi connectivity index (χ1n) is 4.95. The van der Waals surface area contributed by atoms with Gasteiger partial charge in [0.2, 0.25) is 5.91 Å². The highest BCUT2D eigenvalue weighted by Crippen LogP contribution is 2.58. The highest BCUT2D eigenvalue weighted by atomic mass is 16.4. The second-order valence-electron chi connectivity index (χ2n) is 4.68. The van der Waals surface area contributed by atoms with E-state index in [-0.39, 0.29) is 0 Å². The van der Waals surface area contributed by atoms with Crippen LogP contribution in [0.5, 0.6) is 0 Å². The summed E-state index contributed by atoms with van der Waals surface area (Å²) in [6.45, 7) is 4.70. The normalized spacial score (nSPS) is 27.9. The van der Waals surface area contributed by atoms with Crippen molar-refractivity contribution in [3.63, 3.8) is 0 Å². The topological polar surface area (TPSA) is 104 Å². The van der Waals surface area contributed by atoms with Crippen LogP contribution >= 0.6 is 0 Å². The molecule has 1 rings (SSSR count). The Kier molecular flexibility index (Phi) is 2.94. The Labute approximate surface area is 92.6 Å². The van der Waals surface area contributed by atoms with Crippen LogP contribution in [0.25, 0.3) is 0 Å². The fraction of sp³-hybridized carbons (Fsp3) is 0.700. The predicted molar refractivity (Wildman–Crippen MR) is 53.6 cm³/mol. The monoisotopic (exact) mass is 229 g/mol. The van der Waals surface area contributed by atoms with E-state index in [0.717, 1.165) is 0 Å². The van der Waals surface area contributed by atoms with Crippen LogP contribution in [0.3, 0.4) is 0 Å². The molecule has 6 nitrogen and oxygen atoms in total. The average molecular weight is 229 g/mol. The van der Waals surface area contributed by atoms with E-state index in [1.165, 1.54) is 6.92 Å². The number of carbonyl (C=O) groups is 3. The molecule has 0 radical (unpaired) electrons. The molecule has 1 aliphatic carbocycles. The van der Waals surface area contributed by atoms with Gasteiger partial charge in [-0.05, 0) is 12.3 Å². The molecule has 0 aliphatic heterocycles. The van der Waals surface area contributed by atoms with Gasteiger partial charge in [0.15, 0.2) is 0 Å². The average Bonchev–Trinajstić information content (AvgIpc) is 2.68. The molecule has 1 fully saturated rings. The van der Waals surface area contributed by atoms with Crippen molar-refractivity contribution in [2.45, 2.75) is 26.8 Å². The number of rotatable bonds is 4. The van der Waals surface area contributed by atoms with Crippen molar-refractivity contribution in [3.8, 4) is 0 Å². The van der Waals surface area contributed by atoms with Gasteiger partial charge in [-0.25, -0.2) is 0 Å². The number of carbonyl (C=O) groups excluding carboxylic acids is 1. The minimum Gasteiger partial charge on any atom is -0.481 e. The number of aliphatic carboxylic acids is 2. The van der Waals surface area contributed by atoms with Crippen molar-refractivity contribution >= 4 is 17.8 Å². The van der Waals surface area contributed by atoms with E-state index >= 15 is 0 Å². The molecule has 0 saturated heterocycles. The maximum Gasteiger partial charge on any atom is 0.325 e. The third kappa shape index (κ3) is 2.00. The second-order valence-corrected chi connectivity index (χ2v) is 4.68. The zero-order valence-electron chi connectivity index (χ0n) is 9.35. The first-order chi connectivity index (χ1) is 7.19. The van der Waals surface area contributed by atoms with Crippen LogP contribution in [0, 0.1) is 17.3 Å². The SMILES string of the molecule is CC(NC(=O)C1C(C(=O)O)C1(C)C)C(=O)O. The number of carboxylic acid groups (broad SMARTS) is 2. The lowest BCUT2D eigenvalue weighted by atomic mass is 10.1. The van der Waals surface area contributed by atoms with Crippen molar-refractivity contribution in [3.05, 3.63) is 0 Å². The number of carboxylic acids is 2. The Balaban J connectivity index is 2.64. The van der Waals surface area contributed by atoms with E-state index in [1.807, 2.05) is 0 Å². The summed E-state index contributed by atoms with van der Waals surface area (Å²) in [6.07, 6.45) is 0. The molecule has 0 aromatic rings. The highest BCUT2D eigenvalue weighted by Gasteiger charge is 2.66. The lowest BCUT2D eigenvalue weighted by Crippen LogP contribution is -2.40. The van der Waals surface area contributed by atoms with Crippen LogP contribution < -0.4 is 5.32 Å². The molecule has 0 heterocycles. The van der Waals surface area contributed by atoms with Gasteiger partial charge < -0.3 is 15.5 Å². The standard InChI is InChI=1S/C10H15NO5/c1-4(8(13)14)11-7(12)5-6(9(15)16)10(5,2)3/h4-6H,1-3H3,(H,11,12)(H,13,14)(H,15,16). The largest absolute Gasteiger partial charge is 0.481 e. The van der Waals surface area contributed by atoms with Gasteiger partial charge >= 0.3 is 11.9 Å². The molecule has 3 atom stereocenters. The summed E-state index contributed by atoms with van der Waals surface area (Å²) in [5.74, 6) is -4.04. The van der Waals surface area contributed by atoms with Gasteiger partial charge in [0.1, 0.15) is 6.04 Å². The van der Waals surface area contributed by atoms with Gasteiger partial charge in [-0.3, -0.25) is 14.4 Å². The van der Waals surface area contributed by atoms with Crippen LogP contribution in [0.2, 0.25) is 0 Å². The van der Waals surface area contributed by atoms with Crippen LogP contribution in [0.1, 0.15) is 20.8 Å². The van der Waals surface area contributed by atoms with Crippen molar-refractivity contribution in [1.82, 2.24) is 5.32 Å². The summed E-state index contributed by atoms with van der Waals surface area (Å²) in [5.41, 5.74) is -0.603. The predicted octanol–water partition coefficient (Wildman–Crippen LogP) is -0.0675. The molecule has 3 unspecified atom stereocenters. The van der Waals surface area contributed by atoms with Crippen molar-refractivity contribution in [1.29, 1.82) is 0 Å². The zero-order valence-corrected chi connectivity index (χ0v) is 9.35. The molecule has 1 aliphatic rings. The minimum atomic E-state index is -1.14. The lowest BCUT2D eigenvalue weighted by Gasteiger charge is -2.09. The van der Waals surface area contributed by atoms with E-state index in [1.54, 1.807) is 13.8 Å². The van der Waals surface area contributed by atoms with Gasteiger partial charge in [-0.2, -0.15) is 0 Å². The number of hydrogen-bond donors (Lipinski definition) is 3. The first kappa shape index (κ1) is 12.5. The van der Waals surface area contributed by atoms with E-state index < -0.39 is 41.1 Å². The summed E-state index contributed by atoms with van der Waals surface area (Å²) in [5, 5.41) is 19.7. The molecule has 1 amide bonds. The third-order valence-electron chi connectivity index (χ3n) is 3.11. The smallest absolute Gasteiger partial charge is 0.325 e. The van der Waals surface area contributed by atoms with Gasteiger partial charge in [0.25, 0.3) is 0 Å². The Morgan fingerprint density at radius 2 is 1.69 bits per heavy atom. The molecule has 0 spiro atoms. The van der Waals surface area contributed by atoms with Crippen LogP contribution in [0.4, 0.5) is 0 Å². The molecular weight excluding hydrogens is 214 g/mol. The quantitative estimate of drug-likeness (QED) is 0.626. The molecule has 0 bridgehead atoms. The second kappa shape index (κ2) is 3.77. The van der Waals surface area contributed by atoms with Crippen LogP contribution in [-0.2, 0) is 14.4 Å². The summed E-state index contributed by atoms with van der Waals surface area (Å²) in [4.78, 5) is 33.0. The van der Waals surface area contributed by atoms with Crippen molar-refractivity contribution < 1.29 is 24.6 Å². The van der Waals surface area contributed by atoms with E-state index in [2.05, 4.69) is 5.32 Å². The van der Waals surface area contributed by atoms with Gasteiger partial charge in [-0.15, -0.1) is 0 Å². The number of hydrogen-bond acceptors (Lipinski definition) is 3. The summed E-state index contributed by atoms with van der Waals surface area (Å²) >= 11 is 0. The molecule has 90 valence electrons. The van der Waals surface area contributed by atoms with Crippen LogP contribution in [0.15, 0.2) is 0 Å². The van der Waals surface area contributed by atoms with Gasteiger partial charge in [0.05, 0.1) is 11.8 Å². The van der Waals surface area contributed by atoms with E-state index in [9.17, 15) is 14.4 Å². The Bertz CT molecular complexity index is 349. The van der Waals surface area contributed by atoms with Gasteiger partial charge in [0, 0.05) is 0 Å². The van der Waals surface area contributed by atoms with E-state index in [0.29, 0.717) is 0 Å². The third-order valence-corrected chi connectivity index (χ3v) is 3.11. The maximum absolute atomic E-state index is 11.6. The fourth-order valence-corrected chi connectivity index (χ4v) is 1.95. The highest BCUT2D eigenvalue weighted by molar-refractivity contribution is 5.93. The Morgan fingerprint density at radius 3 is 2.00 bits per heavy atom. The van der Waals surface area contributed by atoms with Gasteiger partial charge in [-0.1, -0.05) is 13.8 Å². The molecule has 0 aromatic heterocycles. The number of nitrogens with one attached hydrogen (secondary N) is 1. The summed E-state index contributed by atoms with van der Waals surface area (Å²) in [7, 11) is 0. The van der Waals surface area contributed by atoms with Crippen molar-refractivity contribution in [2.75, 3.05) is 0 Å². The summed E-state index contributed by atoms with van der Waals surface area (Å²) < 4.78 is 0. The molecule has 0 aromatic carbocycles. The first-order valence-corrected chi connectivity index (χ1v) is 4.95. The molecule has 6 heteroatoms. The maximum atomic E-state index is 11.6. The minimum absolute atomic E-state index is 0.507. The van der Waals surface area contributed by atoms with Crippen LogP contribution in [-0.4, -0.2) is 34.1 Å². The zero-order chi connectivity index (χ0) is 12.7. The lowest BCUT2D eigenvalue weighted by molar-refractivity contribution is -0.142. The van der Waals surface area contributed by atoms with E-state index in [4.69, 9.17) is 10.2 Å². The molecular formula is C10H15NO5. The number of amides is 1. The molecule has 16 heavy (non-hydrogen) atoms. The summed E-state index contributed by atoms with van der Waals surface area (Å²) in [6, 6.07) is -1.00. The molecule has 3 N–H and O–H groups in total.